The first kappa shape index (κ1) is 20.3. The van der Waals surface area contributed by atoms with Crippen molar-refractivity contribution in [2.45, 2.75) is 31.6 Å². The fraction of sp³-hybridized carbons (Fsp3) is 0.444. The molecule has 0 spiro atoms. The summed E-state index contributed by atoms with van der Waals surface area (Å²) in [4.78, 5) is 11.4. The normalized spacial score (nSPS) is 16.1. The fourth-order valence-electron chi connectivity index (χ4n) is 2.94. The fourth-order valence-corrected chi connectivity index (χ4v) is 4.75. The van der Waals surface area contributed by atoms with Gasteiger partial charge in [-0.25, -0.2) is 18.4 Å². The SMILES string of the molecule is Cc1cc(N2CCN(S(=O)(=O)c3ccc(Cl)c(Cl)c3)CC2)nc(C(C)C)n1. The molecule has 0 radical (unpaired) electrons. The number of piperazine rings is 1. The molecule has 6 nitrogen and oxygen atoms in total. The van der Waals surface area contributed by atoms with Gasteiger partial charge >= 0.3 is 0 Å². The summed E-state index contributed by atoms with van der Waals surface area (Å²) in [7, 11) is -3.61. The van der Waals surface area contributed by atoms with E-state index in [9.17, 15) is 8.42 Å². The zero-order valence-corrected chi connectivity index (χ0v) is 17.8. The summed E-state index contributed by atoms with van der Waals surface area (Å²) in [5.41, 5.74) is 0.912. The van der Waals surface area contributed by atoms with Crippen LogP contribution in [0.2, 0.25) is 10.0 Å². The molecular formula is C18H22Cl2N4O2S. The minimum absolute atomic E-state index is 0.158. The highest BCUT2D eigenvalue weighted by Gasteiger charge is 2.29. The topological polar surface area (TPSA) is 66.4 Å². The lowest BCUT2D eigenvalue weighted by Gasteiger charge is -2.35. The summed E-state index contributed by atoms with van der Waals surface area (Å²) in [6, 6.07) is 6.33. The van der Waals surface area contributed by atoms with E-state index in [-0.39, 0.29) is 15.8 Å². The van der Waals surface area contributed by atoms with Gasteiger partial charge in [-0.1, -0.05) is 37.0 Å². The van der Waals surface area contributed by atoms with Gasteiger partial charge in [-0.3, -0.25) is 0 Å². The molecule has 1 aliphatic heterocycles. The van der Waals surface area contributed by atoms with Gasteiger partial charge in [0.15, 0.2) is 0 Å². The van der Waals surface area contributed by atoms with E-state index in [1.807, 2.05) is 13.0 Å². The van der Waals surface area contributed by atoms with Crippen molar-refractivity contribution in [3.63, 3.8) is 0 Å². The van der Waals surface area contributed by atoms with Crippen molar-refractivity contribution >= 4 is 39.0 Å². The van der Waals surface area contributed by atoms with Crippen molar-refractivity contribution in [3.05, 3.63) is 45.8 Å². The number of halogens is 2. The van der Waals surface area contributed by atoms with E-state index in [0.29, 0.717) is 31.2 Å². The molecule has 1 fully saturated rings. The average Bonchev–Trinajstić information content (AvgIpc) is 2.63. The summed E-state index contributed by atoms with van der Waals surface area (Å²) >= 11 is 11.9. The summed E-state index contributed by atoms with van der Waals surface area (Å²) in [5, 5.41) is 0.564. The number of hydrogen-bond acceptors (Lipinski definition) is 5. The van der Waals surface area contributed by atoms with E-state index in [2.05, 4.69) is 28.7 Å². The lowest BCUT2D eigenvalue weighted by molar-refractivity contribution is 0.383. The number of aryl methyl sites for hydroxylation is 1. The van der Waals surface area contributed by atoms with E-state index in [4.69, 9.17) is 23.2 Å². The molecule has 3 rings (SSSR count). The Morgan fingerprint density at radius 1 is 1.00 bits per heavy atom. The first-order valence-corrected chi connectivity index (χ1v) is 10.9. The van der Waals surface area contributed by atoms with Gasteiger partial charge in [0.05, 0.1) is 14.9 Å². The van der Waals surface area contributed by atoms with Gasteiger partial charge in [-0.15, -0.1) is 0 Å². The number of rotatable bonds is 4. The Morgan fingerprint density at radius 2 is 1.67 bits per heavy atom. The molecule has 0 N–H and O–H groups in total. The highest BCUT2D eigenvalue weighted by Crippen LogP contribution is 2.27. The minimum Gasteiger partial charge on any atom is -0.354 e. The van der Waals surface area contributed by atoms with Crippen molar-refractivity contribution in [2.24, 2.45) is 0 Å². The zero-order chi connectivity index (χ0) is 19.8. The molecule has 0 amide bonds. The number of anilines is 1. The monoisotopic (exact) mass is 428 g/mol. The van der Waals surface area contributed by atoms with E-state index in [1.165, 1.54) is 22.5 Å². The van der Waals surface area contributed by atoms with Crippen LogP contribution in [0.5, 0.6) is 0 Å². The van der Waals surface area contributed by atoms with Crippen LogP contribution in [0.1, 0.15) is 31.3 Å². The molecule has 1 aromatic heterocycles. The van der Waals surface area contributed by atoms with Crippen molar-refractivity contribution < 1.29 is 8.42 Å². The molecule has 1 aromatic carbocycles. The molecule has 146 valence electrons. The molecule has 0 atom stereocenters. The molecule has 0 bridgehead atoms. The minimum atomic E-state index is -3.61. The first-order chi connectivity index (χ1) is 12.7. The van der Waals surface area contributed by atoms with E-state index in [1.54, 1.807) is 0 Å². The molecule has 2 aromatic rings. The number of sulfonamides is 1. The maximum Gasteiger partial charge on any atom is 0.243 e. The molecule has 0 unspecified atom stereocenters. The third-order valence-electron chi connectivity index (χ3n) is 4.47. The Kier molecular flexibility index (Phi) is 5.96. The standard InChI is InChI=1S/C18H22Cl2N4O2S/c1-12(2)18-21-13(3)10-17(22-18)23-6-8-24(9-7-23)27(25,26)14-4-5-15(19)16(20)11-14/h4-5,10-12H,6-9H2,1-3H3. The summed E-state index contributed by atoms with van der Waals surface area (Å²) in [6.45, 7) is 7.94. The van der Waals surface area contributed by atoms with Crippen molar-refractivity contribution in [3.8, 4) is 0 Å². The van der Waals surface area contributed by atoms with E-state index in [0.717, 1.165) is 17.3 Å². The smallest absolute Gasteiger partial charge is 0.243 e. The summed E-state index contributed by atoms with van der Waals surface area (Å²) in [5.74, 6) is 1.88. The number of aromatic nitrogens is 2. The van der Waals surface area contributed by atoms with Crippen LogP contribution >= 0.6 is 23.2 Å². The van der Waals surface area contributed by atoms with Crippen molar-refractivity contribution in [1.29, 1.82) is 0 Å². The Balaban J connectivity index is 1.76. The molecule has 0 saturated carbocycles. The number of hydrogen-bond donors (Lipinski definition) is 0. The van der Waals surface area contributed by atoms with Gasteiger partial charge < -0.3 is 4.90 Å². The average molecular weight is 429 g/mol. The van der Waals surface area contributed by atoms with Crippen LogP contribution in [-0.4, -0.2) is 48.9 Å². The maximum absolute atomic E-state index is 12.9. The third kappa shape index (κ3) is 4.37. The van der Waals surface area contributed by atoms with E-state index < -0.39 is 10.0 Å². The highest BCUT2D eigenvalue weighted by molar-refractivity contribution is 7.89. The molecule has 27 heavy (non-hydrogen) atoms. The number of nitrogens with zero attached hydrogens (tertiary/aromatic N) is 4. The zero-order valence-electron chi connectivity index (χ0n) is 15.5. The Morgan fingerprint density at radius 3 is 2.26 bits per heavy atom. The lowest BCUT2D eigenvalue weighted by Crippen LogP contribution is -2.49. The van der Waals surface area contributed by atoms with Gasteiger partial charge in [-0.05, 0) is 25.1 Å². The lowest BCUT2D eigenvalue weighted by atomic mass is 10.2. The van der Waals surface area contributed by atoms with Crippen LogP contribution < -0.4 is 4.90 Å². The van der Waals surface area contributed by atoms with Gasteiger partial charge in [-0.2, -0.15) is 4.31 Å². The van der Waals surface area contributed by atoms with Gasteiger partial charge in [0.1, 0.15) is 11.6 Å². The van der Waals surface area contributed by atoms with Crippen LogP contribution in [0, 0.1) is 6.92 Å². The van der Waals surface area contributed by atoms with Crippen LogP contribution in [0.15, 0.2) is 29.2 Å². The quantitative estimate of drug-likeness (QED) is 0.741. The molecule has 1 saturated heterocycles. The largest absolute Gasteiger partial charge is 0.354 e. The highest BCUT2D eigenvalue weighted by atomic mass is 35.5. The maximum atomic E-state index is 12.9. The van der Waals surface area contributed by atoms with Gasteiger partial charge in [0, 0.05) is 43.9 Å². The predicted octanol–water partition coefficient (Wildman–Crippen LogP) is 3.73. The molecule has 1 aliphatic rings. The van der Waals surface area contributed by atoms with Crippen LogP contribution in [0.4, 0.5) is 5.82 Å². The van der Waals surface area contributed by atoms with Crippen LogP contribution in [0.3, 0.4) is 0 Å². The van der Waals surface area contributed by atoms with Crippen LogP contribution in [0.25, 0.3) is 0 Å². The molecule has 2 heterocycles. The van der Waals surface area contributed by atoms with Crippen LogP contribution in [-0.2, 0) is 10.0 Å². The summed E-state index contributed by atoms with van der Waals surface area (Å²) in [6.07, 6.45) is 0. The second kappa shape index (κ2) is 7.91. The van der Waals surface area contributed by atoms with E-state index >= 15 is 0 Å². The molecule has 9 heteroatoms. The van der Waals surface area contributed by atoms with Gasteiger partial charge in [0.2, 0.25) is 10.0 Å². The molecule has 0 aliphatic carbocycles. The second-order valence-electron chi connectivity index (χ2n) is 6.85. The predicted molar refractivity (Wildman–Crippen MR) is 108 cm³/mol. The second-order valence-corrected chi connectivity index (χ2v) is 9.60. The summed E-state index contributed by atoms with van der Waals surface area (Å²) < 4.78 is 27.2. The first-order valence-electron chi connectivity index (χ1n) is 8.74. The van der Waals surface area contributed by atoms with Crippen molar-refractivity contribution in [2.75, 3.05) is 31.1 Å². The Bertz CT molecular complexity index is 942. The Labute approximate surface area is 170 Å². The number of benzene rings is 1. The third-order valence-corrected chi connectivity index (χ3v) is 7.10. The Hall–Kier alpha value is -1.41. The van der Waals surface area contributed by atoms with Gasteiger partial charge in [0.25, 0.3) is 0 Å². The van der Waals surface area contributed by atoms with Crippen molar-refractivity contribution in [1.82, 2.24) is 14.3 Å². The molecular weight excluding hydrogens is 407 g/mol.